The van der Waals surface area contributed by atoms with Crippen LogP contribution in [0.15, 0.2) is 41.0 Å². The SMILES string of the molecule is Cc1c(N[S+](=O)(O)c2ccc(CCCOC3=CCN(C)CC3)cc2)c(CC(C)C)nn1C. The van der Waals surface area contributed by atoms with Gasteiger partial charge in [-0.2, -0.15) is 14.4 Å². The maximum Gasteiger partial charge on any atom is 0.346 e. The van der Waals surface area contributed by atoms with Crippen LogP contribution in [0.2, 0.25) is 0 Å². The van der Waals surface area contributed by atoms with Crippen LogP contribution < -0.4 is 4.72 Å². The minimum absolute atomic E-state index is 0.368. The molecular formula is C24H37N4O3S+. The third-order valence-corrected chi connectivity index (χ3v) is 7.15. The Morgan fingerprint density at radius 3 is 2.59 bits per heavy atom. The first-order valence-electron chi connectivity index (χ1n) is 11.3. The second-order valence-electron chi connectivity index (χ2n) is 9.04. The second-order valence-corrected chi connectivity index (χ2v) is 10.8. The summed E-state index contributed by atoms with van der Waals surface area (Å²) in [5, 5.41) is 4.52. The largest absolute Gasteiger partial charge is 0.498 e. The Kier molecular flexibility index (Phi) is 8.14. The van der Waals surface area contributed by atoms with Crippen LogP contribution >= 0.6 is 0 Å². The van der Waals surface area contributed by atoms with Gasteiger partial charge in [0.1, 0.15) is 5.69 Å². The van der Waals surface area contributed by atoms with E-state index in [4.69, 9.17) is 4.74 Å². The summed E-state index contributed by atoms with van der Waals surface area (Å²) in [6.45, 7) is 8.80. The van der Waals surface area contributed by atoms with Crippen LogP contribution in [0.4, 0.5) is 5.69 Å². The Morgan fingerprint density at radius 2 is 1.97 bits per heavy atom. The van der Waals surface area contributed by atoms with E-state index < -0.39 is 10.4 Å². The fraction of sp³-hybridized carbons (Fsp3) is 0.542. The third kappa shape index (κ3) is 6.43. The summed E-state index contributed by atoms with van der Waals surface area (Å²) < 4.78 is 34.4. The lowest BCUT2D eigenvalue weighted by atomic mass is 10.1. The molecule has 2 heterocycles. The van der Waals surface area contributed by atoms with Gasteiger partial charge < -0.3 is 9.64 Å². The average molecular weight is 462 g/mol. The molecule has 2 N–H and O–H groups in total. The van der Waals surface area contributed by atoms with Crippen molar-refractivity contribution in [3.63, 3.8) is 0 Å². The van der Waals surface area contributed by atoms with Crippen LogP contribution in [0.25, 0.3) is 0 Å². The number of hydrogen-bond donors (Lipinski definition) is 2. The normalized spacial score (nSPS) is 16.7. The summed E-state index contributed by atoms with van der Waals surface area (Å²) in [5.41, 5.74) is 3.44. The van der Waals surface area contributed by atoms with Gasteiger partial charge in [-0.3, -0.25) is 4.68 Å². The van der Waals surface area contributed by atoms with E-state index in [1.54, 1.807) is 16.8 Å². The molecule has 176 valence electrons. The molecule has 7 nitrogen and oxygen atoms in total. The molecule has 0 saturated carbocycles. The van der Waals surface area contributed by atoms with Gasteiger partial charge in [0.05, 0.1) is 23.8 Å². The van der Waals surface area contributed by atoms with Crippen molar-refractivity contribution in [2.45, 2.75) is 51.3 Å². The van der Waals surface area contributed by atoms with E-state index in [0.29, 0.717) is 23.1 Å². The number of rotatable bonds is 10. The number of aryl methyl sites for hydroxylation is 2. The number of nitrogens with zero attached hydrogens (tertiary/aromatic N) is 3. The molecule has 0 aliphatic carbocycles. The maximum atomic E-state index is 13.1. The molecule has 1 unspecified atom stereocenters. The van der Waals surface area contributed by atoms with Crippen molar-refractivity contribution in [2.75, 3.05) is 31.5 Å². The smallest absolute Gasteiger partial charge is 0.346 e. The third-order valence-electron chi connectivity index (χ3n) is 5.76. The number of hydrogen-bond acceptors (Lipinski definition) is 4. The lowest BCUT2D eigenvalue weighted by molar-refractivity contribution is 0.178. The van der Waals surface area contributed by atoms with Crippen molar-refractivity contribution < 1.29 is 13.5 Å². The average Bonchev–Trinajstić information content (AvgIpc) is 2.99. The first-order valence-corrected chi connectivity index (χ1v) is 12.8. The number of ether oxygens (including phenoxy) is 1. The first kappa shape index (κ1) is 24.5. The molecule has 0 radical (unpaired) electrons. The minimum Gasteiger partial charge on any atom is -0.498 e. The van der Waals surface area contributed by atoms with E-state index in [1.807, 2.05) is 26.1 Å². The number of nitrogens with one attached hydrogen (secondary N) is 1. The Morgan fingerprint density at radius 1 is 1.25 bits per heavy atom. The highest BCUT2D eigenvalue weighted by Gasteiger charge is 2.32. The van der Waals surface area contributed by atoms with Gasteiger partial charge in [0.15, 0.2) is 0 Å². The summed E-state index contributed by atoms with van der Waals surface area (Å²) in [6.07, 6.45) is 5.65. The predicted octanol–water partition coefficient (Wildman–Crippen LogP) is 4.45. The second kappa shape index (κ2) is 10.6. The van der Waals surface area contributed by atoms with Crippen LogP contribution in [0.5, 0.6) is 0 Å². The van der Waals surface area contributed by atoms with Crippen molar-refractivity contribution >= 4 is 16.1 Å². The van der Waals surface area contributed by atoms with Crippen LogP contribution in [0, 0.1) is 12.8 Å². The van der Waals surface area contributed by atoms with E-state index >= 15 is 0 Å². The van der Waals surface area contributed by atoms with Crippen molar-refractivity contribution in [3.8, 4) is 0 Å². The van der Waals surface area contributed by atoms with Crippen LogP contribution in [0.1, 0.15) is 43.6 Å². The van der Waals surface area contributed by atoms with Crippen molar-refractivity contribution in [3.05, 3.63) is 53.1 Å². The van der Waals surface area contributed by atoms with Gasteiger partial charge in [-0.25, -0.2) is 0 Å². The molecule has 0 spiro atoms. The molecule has 0 saturated heterocycles. The fourth-order valence-electron chi connectivity index (χ4n) is 3.74. The number of aromatic nitrogens is 2. The summed E-state index contributed by atoms with van der Waals surface area (Å²) in [5.74, 6) is 1.49. The fourth-order valence-corrected chi connectivity index (χ4v) is 4.90. The zero-order chi connectivity index (χ0) is 23.3. The first-order chi connectivity index (χ1) is 15.2. The molecule has 32 heavy (non-hydrogen) atoms. The Labute approximate surface area is 193 Å². The van der Waals surface area contributed by atoms with Crippen molar-refractivity contribution in [1.29, 1.82) is 0 Å². The Hall–Kier alpha value is -2.16. The summed E-state index contributed by atoms with van der Waals surface area (Å²) >= 11 is 0. The predicted molar refractivity (Wildman–Crippen MR) is 130 cm³/mol. The quantitative estimate of drug-likeness (QED) is 0.404. The zero-order valence-corrected chi connectivity index (χ0v) is 20.7. The van der Waals surface area contributed by atoms with Gasteiger partial charge in [-0.15, -0.1) is 0 Å². The standard InChI is InChI=1S/C24H36N4O3S/c1-18(2)17-23-24(19(3)28(5)25-23)26-32(29,30)22-10-8-20(9-11-22)7-6-16-31-21-12-14-27(4)15-13-21/h8-12,18H,6-7,13-17H2,1-5H3,(H-,26,29,30)/p+1. The molecule has 1 aromatic heterocycles. The lowest BCUT2D eigenvalue weighted by Gasteiger charge is -2.22. The van der Waals surface area contributed by atoms with Gasteiger partial charge in [-0.1, -0.05) is 26.0 Å². The van der Waals surface area contributed by atoms with E-state index in [-0.39, 0.29) is 0 Å². The molecule has 3 rings (SSSR count). The van der Waals surface area contributed by atoms with E-state index in [9.17, 15) is 8.76 Å². The monoisotopic (exact) mass is 461 g/mol. The van der Waals surface area contributed by atoms with Gasteiger partial charge in [0, 0.05) is 26.6 Å². The number of likely N-dealkylation sites (N-methyl/N-ethyl adjacent to an activating group) is 1. The highest BCUT2D eigenvalue weighted by molar-refractivity contribution is 7.99. The molecular weight excluding hydrogens is 424 g/mol. The molecule has 8 heteroatoms. The van der Waals surface area contributed by atoms with Gasteiger partial charge in [0.25, 0.3) is 0 Å². The molecule has 1 atom stereocenters. The molecule has 1 aromatic carbocycles. The summed E-state index contributed by atoms with van der Waals surface area (Å²) in [6, 6.07) is 7.32. The van der Waals surface area contributed by atoms with Crippen LogP contribution in [-0.2, 0) is 39.2 Å². The molecule has 2 aromatic rings. The zero-order valence-electron chi connectivity index (χ0n) is 19.9. The Bertz CT molecular complexity index is 982. The highest BCUT2D eigenvalue weighted by atomic mass is 32.3. The van der Waals surface area contributed by atoms with Gasteiger partial charge in [0.2, 0.25) is 4.90 Å². The molecule has 1 aliphatic rings. The molecule has 1 aliphatic heterocycles. The maximum absolute atomic E-state index is 13.1. The molecule has 0 amide bonds. The van der Waals surface area contributed by atoms with Gasteiger partial charge >= 0.3 is 10.4 Å². The van der Waals surface area contributed by atoms with Crippen molar-refractivity contribution in [1.82, 2.24) is 14.7 Å². The topological polar surface area (TPSA) is 79.6 Å². The Balaban J connectivity index is 1.57. The van der Waals surface area contributed by atoms with Gasteiger partial charge in [-0.05, 0) is 67.1 Å². The van der Waals surface area contributed by atoms with Crippen LogP contribution in [-0.4, -0.2) is 46.0 Å². The number of benzene rings is 1. The number of anilines is 1. The highest BCUT2D eigenvalue weighted by Crippen LogP contribution is 2.28. The lowest BCUT2D eigenvalue weighted by Crippen LogP contribution is -2.24. The van der Waals surface area contributed by atoms with E-state index in [0.717, 1.165) is 61.5 Å². The van der Waals surface area contributed by atoms with Crippen molar-refractivity contribution in [2.24, 2.45) is 13.0 Å². The van der Waals surface area contributed by atoms with Crippen LogP contribution in [0.3, 0.4) is 0 Å². The molecule has 0 fully saturated rings. The van der Waals surface area contributed by atoms with E-state index in [1.165, 1.54) is 0 Å². The molecule has 0 bridgehead atoms. The summed E-state index contributed by atoms with van der Waals surface area (Å²) in [7, 11) is 0.532. The minimum atomic E-state index is -3.43. The summed E-state index contributed by atoms with van der Waals surface area (Å²) in [4.78, 5) is 2.64. The van der Waals surface area contributed by atoms with E-state index in [2.05, 4.69) is 41.7 Å².